The van der Waals surface area contributed by atoms with Gasteiger partial charge in [-0.1, -0.05) is 24.3 Å². The van der Waals surface area contributed by atoms with Gasteiger partial charge < -0.3 is 19.5 Å². The highest BCUT2D eigenvalue weighted by Gasteiger charge is 2.38. The third kappa shape index (κ3) is 2.64. The van der Waals surface area contributed by atoms with E-state index in [4.69, 9.17) is 9.47 Å². The normalized spacial score (nSPS) is 25.2. The molecule has 21 heavy (non-hydrogen) atoms. The van der Waals surface area contributed by atoms with E-state index in [2.05, 4.69) is 0 Å². The predicted octanol–water partition coefficient (Wildman–Crippen LogP) is 0.612. The summed E-state index contributed by atoms with van der Waals surface area (Å²) in [7, 11) is 0. The van der Waals surface area contributed by atoms with Crippen LogP contribution in [0.5, 0.6) is 0 Å². The molecule has 0 unspecified atom stereocenters. The maximum atomic E-state index is 12.7. The highest BCUT2D eigenvalue weighted by Crippen LogP contribution is 2.29. The first-order chi connectivity index (χ1) is 10.2. The molecule has 1 amide bonds. The molecule has 6 heteroatoms. The van der Waals surface area contributed by atoms with E-state index in [9.17, 15) is 14.7 Å². The van der Waals surface area contributed by atoms with E-state index in [1.54, 1.807) is 0 Å². The number of carboxylic acids is 1. The average Bonchev–Trinajstić information content (AvgIpc) is 2.53. The van der Waals surface area contributed by atoms with Crippen LogP contribution in [0, 0.1) is 0 Å². The highest BCUT2D eigenvalue weighted by atomic mass is 16.5. The molecule has 1 aromatic carbocycles. The number of ether oxygens (including phenoxy) is 2. The largest absolute Gasteiger partial charge is 0.480 e. The second-order valence-electron chi connectivity index (χ2n) is 5.16. The summed E-state index contributed by atoms with van der Waals surface area (Å²) < 4.78 is 10.8. The SMILES string of the molecule is O=C(O)[C@H]1COCCN1C(=O)[C@@H]1OCCc2ccccc21. The van der Waals surface area contributed by atoms with Crippen molar-refractivity contribution in [2.24, 2.45) is 0 Å². The van der Waals surface area contributed by atoms with Crippen molar-refractivity contribution in [3.8, 4) is 0 Å². The molecular formula is C15H17NO5. The van der Waals surface area contributed by atoms with Crippen LogP contribution in [0.25, 0.3) is 0 Å². The van der Waals surface area contributed by atoms with Crippen molar-refractivity contribution in [1.29, 1.82) is 0 Å². The van der Waals surface area contributed by atoms with Crippen molar-refractivity contribution in [3.05, 3.63) is 35.4 Å². The molecule has 0 saturated carbocycles. The molecule has 1 aromatic rings. The predicted molar refractivity (Wildman–Crippen MR) is 72.8 cm³/mol. The molecule has 0 aromatic heterocycles. The van der Waals surface area contributed by atoms with Crippen LogP contribution in [0.15, 0.2) is 24.3 Å². The van der Waals surface area contributed by atoms with Gasteiger partial charge in [0.2, 0.25) is 0 Å². The second kappa shape index (κ2) is 5.83. The lowest BCUT2D eigenvalue weighted by atomic mass is 9.96. The molecule has 1 fully saturated rings. The number of fused-ring (bicyclic) bond motifs is 1. The number of benzene rings is 1. The summed E-state index contributed by atoms with van der Waals surface area (Å²) in [6.45, 7) is 1.12. The first kappa shape index (κ1) is 14.0. The van der Waals surface area contributed by atoms with Gasteiger partial charge in [-0.2, -0.15) is 0 Å². The second-order valence-corrected chi connectivity index (χ2v) is 5.16. The zero-order chi connectivity index (χ0) is 14.8. The van der Waals surface area contributed by atoms with Gasteiger partial charge in [0.1, 0.15) is 0 Å². The van der Waals surface area contributed by atoms with Gasteiger partial charge >= 0.3 is 5.97 Å². The highest BCUT2D eigenvalue weighted by molar-refractivity contribution is 5.88. The third-order valence-corrected chi connectivity index (χ3v) is 3.91. The molecule has 2 atom stereocenters. The van der Waals surface area contributed by atoms with Gasteiger partial charge in [0.15, 0.2) is 12.1 Å². The maximum absolute atomic E-state index is 12.7. The smallest absolute Gasteiger partial charge is 0.328 e. The molecule has 1 N–H and O–H groups in total. The zero-order valence-electron chi connectivity index (χ0n) is 11.5. The van der Waals surface area contributed by atoms with Gasteiger partial charge in [0.25, 0.3) is 5.91 Å². The van der Waals surface area contributed by atoms with Crippen LogP contribution in [-0.2, 0) is 25.5 Å². The van der Waals surface area contributed by atoms with E-state index in [1.165, 1.54) is 4.90 Å². The Morgan fingerprint density at radius 2 is 2.05 bits per heavy atom. The Balaban J connectivity index is 1.86. The lowest BCUT2D eigenvalue weighted by Crippen LogP contribution is -2.54. The van der Waals surface area contributed by atoms with E-state index >= 15 is 0 Å². The van der Waals surface area contributed by atoms with Crippen molar-refractivity contribution in [1.82, 2.24) is 4.90 Å². The summed E-state index contributed by atoms with van der Waals surface area (Å²) in [4.78, 5) is 25.4. The molecule has 6 nitrogen and oxygen atoms in total. The quantitative estimate of drug-likeness (QED) is 0.864. The van der Waals surface area contributed by atoms with Crippen LogP contribution in [0.2, 0.25) is 0 Å². The van der Waals surface area contributed by atoms with Crippen LogP contribution < -0.4 is 0 Å². The first-order valence-corrected chi connectivity index (χ1v) is 6.99. The summed E-state index contributed by atoms with van der Waals surface area (Å²) in [5.74, 6) is -1.34. The maximum Gasteiger partial charge on any atom is 0.328 e. The van der Waals surface area contributed by atoms with Crippen molar-refractivity contribution < 1.29 is 24.2 Å². The Hall–Kier alpha value is -1.92. The number of hydrogen-bond acceptors (Lipinski definition) is 4. The Morgan fingerprint density at radius 1 is 1.24 bits per heavy atom. The Morgan fingerprint density at radius 3 is 2.86 bits per heavy atom. The van der Waals surface area contributed by atoms with Crippen LogP contribution in [0.1, 0.15) is 17.2 Å². The van der Waals surface area contributed by atoms with Gasteiger partial charge in [-0.3, -0.25) is 4.79 Å². The summed E-state index contributed by atoms with van der Waals surface area (Å²) >= 11 is 0. The van der Waals surface area contributed by atoms with Gasteiger partial charge in [-0.05, 0) is 17.5 Å². The zero-order valence-corrected chi connectivity index (χ0v) is 11.5. The molecule has 3 rings (SSSR count). The molecule has 0 bridgehead atoms. The number of aliphatic carboxylic acids is 1. The van der Waals surface area contributed by atoms with Crippen molar-refractivity contribution in [2.75, 3.05) is 26.4 Å². The van der Waals surface area contributed by atoms with Crippen LogP contribution in [0.4, 0.5) is 0 Å². The van der Waals surface area contributed by atoms with Crippen molar-refractivity contribution in [3.63, 3.8) is 0 Å². The topological polar surface area (TPSA) is 76.1 Å². The molecule has 112 valence electrons. The summed E-state index contributed by atoms with van der Waals surface area (Å²) in [5, 5.41) is 9.24. The molecule has 2 aliphatic heterocycles. The summed E-state index contributed by atoms with van der Waals surface area (Å²) in [6, 6.07) is 6.70. The number of hydrogen-bond donors (Lipinski definition) is 1. The minimum atomic E-state index is -1.05. The van der Waals surface area contributed by atoms with E-state index < -0.39 is 18.1 Å². The number of rotatable bonds is 2. The lowest BCUT2D eigenvalue weighted by molar-refractivity contribution is -0.165. The Bertz CT molecular complexity index is 559. The molecule has 2 heterocycles. The van der Waals surface area contributed by atoms with E-state index in [0.717, 1.165) is 17.5 Å². The Kier molecular flexibility index (Phi) is 3.90. The van der Waals surface area contributed by atoms with Gasteiger partial charge in [-0.15, -0.1) is 0 Å². The van der Waals surface area contributed by atoms with Crippen molar-refractivity contribution in [2.45, 2.75) is 18.6 Å². The van der Waals surface area contributed by atoms with Crippen LogP contribution >= 0.6 is 0 Å². The molecule has 2 aliphatic rings. The van der Waals surface area contributed by atoms with Crippen LogP contribution in [0.3, 0.4) is 0 Å². The number of nitrogens with zero attached hydrogens (tertiary/aromatic N) is 1. The number of amides is 1. The number of carbonyl (C=O) groups excluding carboxylic acids is 1. The number of morpholine rings is 1. The van der Waals surface area contributed by atoms with E-state index in [0.29, 0.717) is 13.2 Å². The van der Waals surface area contributed by atoms with E-state index in [1.807, 2.05) is 24.3 Å². The minimum Gasteiger partial charge on any atom is -0.480 e. The third-order valence-electron chi connectivity index (χ3n) is 3.91. The molecule has 1 saturated heterocycles. The van der Waals surface area contributed by atoms with E-state index in [-0.39, 0.29) is 19.1 Å². The molecule has 0 aliphatic carbocycles. The van der Waals surface area contributed by atoms with Crippen LogP contribution in [-0.4, -0.2) is 54.3 Å². The van der Waals surface area contributed by atoms with Crippen molar-refractivity contribution >= 4 is 11.9 Å². The Labute approximate surface area is 122 Å². The summed E-state index contributed by atoms with van der Waals surface area (Å²) in [5.41, 5.74) is 1.92. The van der Waals surface area contributed by atoms with Gasteiger partial charge in [-0.25, -0.2) is 4.79 Å². The fourth-order valence-electron chi connectivity index (χ4n) is 2.82. The van der Waals surface area contributed by atoms with Gasteiger partial charge in [0, 0.05) is 6.54 Å². The minimum absolute atomic E-state index is 0.0233. The first-order valence-electron chi connectivity index (χ1n) is 6.99. The lowest BCUT2D eigenvalue weighted by Gasteiger charge is -2.36. The fourth-order valence-corrected chi connectivity index (χ4v) is 2.82. The number of carboxylic acid groups (broad SMARTS) is 1. The van der Waals surface area contributed by atoms with Gasteiger partial charge in [0.05, 0.1) is 19.8 Å². The summed E-state index contributed by atoms with van der Waals surface area (Å²) in [6.07, 6.45) is 0.0562. The monoisotopic (exact) mass is 291 g/mol. The molecular weight excluding hydrogens is 274 g/mol. The molecule has 0 spiro atoms. The average molecular weight is 291 g/mol. The number of carbonyl (C=O) groups is 2. The molecule has 0 radical (unpaired) electrons. The fraction of sp³-hybridized carbons (Fsp3) is 0.467. The standard InChI is InChI=1S/C15H17NO5/c17-14(16-6-8-20-9-12(16)15(18)19)13-11-4-2-1-3-10(11)5-7-21-13/h1-4,12-13H,5-9H2,(H,18,19)/t12-,13-/m1/s1.